The number of rotatable bonds is 4. The molecule has 1 aliphatic rings. The van der Waals surface area contributed by atoms with Crippen molar-refractivity contribution in [3.05, 3.63) is 84.5 Å². The first kappa shape index (κ1) is 16.7. The average Bonchev–Trinajstić information content (AvgIpc) is 2.63. The standard InChI is InChI=1S/C20H17NO4/c21-20(19(23)25-17-11-5-2-6-12-17)13-7-8-15(14-20)18(22)24-16-9-3-1-4-10-16/h1-13H,14,21H2. The van der Waals surface area contributed by atoms with Gasteiger partial charge in [0.05, 0.1) is 0 Å². The number of hydrogen-bond acceptors (Lipinski definition) is 5. The molecule has 2 N–H and O–H groups in total. The van der Waals surface area contributed by atoms with E-state index in [9.17, 15) is 9.59 Å². The first-order chi connectivity index (χ1) is 12.1. The minimum atomic E-state index is -1.42. The second-order valence-electron chi connectivity index (χ2n) is 5.67. The van der Waals surface area contributed by atoms with E-state index in [1.807, 2.05) is 12.1 Å². The molecule has 25 heavy (non-hydrogen) atoms. The van der Waals surface area contributed by atoms with Gasteiger partial charge in [0, 0.05) is 12.0 Å². The second-order valence-corrected chi connectivity index (χ2v) is 5.67. The summed E-state index contributed by atoms with van der Waals surface area (Å²) in [6.07, 6.45) is 4.68. The van der Waals surface area contributed by atoms with Gasteiger partial charge in [0.25, 0.3) is 0 Å². The first-order valence-electron chi connectivity index (χ1n) is 7.79. The minimum Gasteiger partial charge on any atom is -0.425 e. The van der Waals surface area contributed by atoms with Crippen molar-refractivity contribution in [2.45, 2.75) is 12.0 Å². The van der Waals surface area contributed by atoms with Crippen LogP contribution in [0.25, 0.3) is 0 Å². The van der Waals surface area contributed by atoms with Gasteiger partial charge in [0.2, 0.25) is 0 Å². The van der Waals surface area contributed by atoms with Crippen LogP contribution in [-0.2, 0) is 9.59 Å². The van der Waals surface area contributed by atoms with Gasteiger partial charge in [-0.1, -0.05) is 54.6 Å². The van der Waals surface area contributed by atoms with Crippen molar-refractivity contribution in [2.24, 2.45) is 5.73 Å². The Hall–Kier alpha value is -3.18. The van der Waals surface area contributed by atoms with Gasteiger partial charge in [0.15, 0.2) is 0 Å². The molecule has 0 spiro atoms. The molecule has 2 aromatic rings. The van der Waals surface area contributed by atoms with Crippen molar-refractivity contribution in [2.75, 3.05) is 0 Å². The Balaban J connectivity index is 1.69. The van der Waals surface area contributed by atoms with Gasteiger partial charge in [-0.05, 0) is 24.3 Å². The molecule has 126 valence electrons. The highest BCUT2D eigenvalue weighted by Crippen LogP contribution is 2.25. The quantitative estimate of drug-likeness (QED) is 0.686. The van der Waals surface area contributed by atoms with E-state index in [-0.39, 0.29) is 6.42 Å². The lowest BCUT2D eigenvalue weighted by atomic mass is 9.87. The summed E-state index contributed by atoms with van der Waals surface area (Å²) in [6.45, 7) is 0. The first-order valence-corrected chi connectivity index (χ1v) is 7.79. The van der Waals surface area contributed by atoms with E-state index in [2.05, 4.69) is 0 Å². The average molecular weight is 335 g/mol. The van der Waals surface area contributed by atoms with Crippen LogP contribution in [0.3, 0.4) is 0 Å². The zero-order valence-electron chi connectivity index (χ0n) is 13.4. The lowest BCUT2D eigenvalue weighted by molar-refractivity contribution is -0.138. The van der Waals surface area contributed by atoms with Crippen LogP contribution in [0.4, 0.5) is 0 Å². The number of ether oxygens (including phenoxy) is 2. The Morgan fingerprint density at radius 1 is 0.880 bits per heavy atom. The van der Waals surface area contributed by atoms with Gasteiger partial charge in [-0.15, -0.1) is 0 Å². The van der Waals surface area contributed by atoms with Crippen molar-refractivity contribution < 1.29 is 19.1 Å². The van der Waals surface area contributed by atoms with E-state index in [1.54, 1.807) is 60.7 Å². The monoisotopic (exact) mass is 335 g/mol. The smallest absolute Gasteiger partial charge is 0.339 e. The van der Waals surface area contributed by atoms with E-state index >= 15 is 0 Å². The number of nitrogens with two attached hydrogens (primary N) is 1. The number of para-hydroxylation sites is 2. The number of allylic oxidation sites excluding steroid dienone is 2. The van der Waals surface area contributed by atoms with Crippen LogP contribution in [-0.4, -0.2) is 17.5 Å². The molecular weight excluding hydrogens is 318 g/mol. The Kier molecular flexibility index (Phi) is 4.77. The predicted molar refractivity (Wildman–Crippen MR) is 92.9 cm³/mol. The molecule has 0 heterocycles. The van der Waals surface area contributed by atoms with Gasteiger partial charge in [0.1, 0.15) is 17.0 Å². The number of benzene rings is 2. The summed E-state index contributed by atoms with van der Waals surface area (Å²) in [5.74, 6) is -0.350. The highest BCUT2D eigenvalue weighted by molar-refractivity contribution is 5.95. The maximum Gasteiger partial charge on any atom is 0.339 e. The van der Waals surface area contributed by atoms with Crippen molar-refractivity contribution >= 4 is 11.9 Å². The maximum absolute atomic E-state index is 12.4. The van der Waals surface area contributed by atoms with E-state index in [4.69, 9.17) is 15.2 Å². The molecule has 0 fully saturated rings. The van der Waals surface area contributed by atoms with Crippen molar-refractivity contribution in [3.8, 4) is 11.5 Å². The second kappa shape index (κ2) is 7.15. The van der Waals surface area contributed by atoms with E-state index in [0.717, 1.165) is 0 Å². The summed E-state index contributed by atoms with van der Waals surface area (Å²) >= 11 is 0. The lowest BCUT2D eigenvalue weighted by Gasteiger charge is -2.26. The molecule has 0 aromatic heterocycles. The molecule has 0 saturated carbocycles. The number of carbonyl (C=O) groups is 2. The molecule has 0 bridgehead atoms. The van der Waals surface area contributed by atoms with Gasteiger partial charge in [-0.3, -0.25) is 0 Å². The lowest BCUT2D eigenvalue weighted by Crippen LogP contribution is -2.50. The molecular formula is C20H17NO4. The fourth-order valence-electron chi connectivity index (χ4n) is 2.40. The number of hydrogen-bond donors (Lipinski definition) is 1. The van der Waals surface area contributed by atoms with Crippen molar-refractivity contribution in [3.63, 3.8) is 0 Å². The SMILES string of the molecule is NC1(C(=O)Oc2ccccc2)C=CC=C(C(=O)Oc2ccccc2)C1. The zero-order valence-corrected chi connectivity index (χ0v) is 13.4. The van der Waals surface area contributed by atoms with Crippen molar-refractivity contribution in [1.29, 1.82) is 0 Å². The van der Waals surface area contributed by atoms with Gasteiger partial charge >= 0.3 is 11.9 Å². The normalized spacial score (nSPS) is 19.0. The summed E-state index contributed by atoms with van der Waals surface area (Å²) in [5, 5.41) is 0. The fraction of sp³-hybridized carbons (Fsp3) is 0.100. The predicted octanol–water partition coefficient (Wildman–Crippen LogP) is 2.78. The molecule has 0 saturated heterocycles. The Morgan fingerprint density at radius 3 is 2.04 bits per heavy atom. The van der Waals surface area contributed by atoms with Gasteiger partial charge in [-0.2, -0.15) is 0 Å². The third-order valence-corrected chi connectivity index (χ3v) is 3.72. The molecule has 5 heteroatoms. The summed E-state index contributed by atoms with van der Waals surface area (Å²) in [6, 6.07) is 17.4. The topological polar surface area (TPSA) is 78.6 Å². The molecule has 1 unspecified atom stereocenters. The Morgan fingerprint density at radius 2 is 1.44 bits per heavy atom. The van der Waals surface area contributed by atoms with Gasteiger partial charge in [-0.25, -0.2) is 9.59 Å². The summed E-state index contributed by atoms with van der Waals surface area (Å²) in [5.41, 5.74) is 5.05. The maximum atomic E-state index is 12.4. The minimum absolute atomic E-state index is 0.000827. The molecule has 5 nitrogen and oxygen atoms in total. The zero-order chi connectivity index (χ0) is 17.7. The number of carbonyl (C=O) groups excluding carboxylic acids is 2. The third kappa shape index (κ3) is 4.02. The third-order valence-electron chi connectivity index (χ3n) is 3.72. The van der Waals surface area contributed by atoms with Crippen LogP contribution >= 0.6 is 0 Å². The van der Waals surface area contributed by atoms with E-state index < -0.39 is 17.5 Å². The number of esters is 2. The summed E-state index contributed by atoms with van der Waals surface area (Å²) in [7, 11) is 0. The van der Waals surface area contributed by atoms with Crippen LogP contribution in [0.15, 0.2) is 84.5 Å². The Bertz CT molecular complexity index is 827. The largest absolute Gasteiger partial charge is 0.425 e. The molecule has 0 amide bonds. The van der Waals surface area contributed by atoms with Gasteiger partial charge < -0.3 is 15.2 Å². The molecule has 0 radical (unpaired) electrons. The summed E-state index contributed by atoms with van der Waals surface area (Å²) < 4.78 is 10.6. The molecule has 2 aromatic carbocycles. The highest BCUT2D eigenvalue weighted by atomic mass is 16.5. The molecule has 3 rings (SSSR count). The van der Waals surface area contributed by atoms with Crippen LogP contribution in [0.5, 0.6) is 11.5 Å². The molecule has 0 aliphatic heterocycles. The highest BCUT2D eigenvalue weighted by Gasteiger charge is 2.38. The Labute approximate surface area is 145 Å². The summed E-state index contributed by atoms with van der Waals surface area (Å²) in [4.78, 5) is 24.7. The molecule has 1 aliphatic carbocycles. The van der Waals surface area contributed by atoms with Crippen LogP contribution in [0.1, 0.15) is 6.42 Å². The van der Waals surface area contributed by atoms with Crippen LogP contribution < -0.4 is 15.2 Å². The van der Waals surface area contributed by atoms with E-state index in [1.165, 1.54) is 6.08 Å². The van der Waals surface area contributed by atoms with Crippen molar-refractivity contribution in [1.82, 2.24) is 0 Å². The van der Waals surface area contributed by atoms with Crippen LogP contribution in [0, 0.1) is 0 Å². The van der Waals surface area contributed by atoms with E-state index in [0.29, 0.717) is 17.1 Å². The fourth-order valence-corrected chi connectivity index (χ4v) is 2.40. The van der Waals surface area contributed by atoms with Crippen LogP contribution in [0.2, 0.25) is 0 Å². The molecule has 1 atom stereocenters.